The number of esters is 1. The van der Waals surface area contributed by atoms with E-state index in [0.29, 0.717) is 16.9 Å². The Bertz CT molecular complexity index is 1300. The van der Waals surface area contributed by atoms with Gasteiger partial charge in [-0.2, -0.15) is 0 Å². The number of hydrogen-bond donors (Lipinski definition) is 2. The van der Waals surface area contributed by atoms with Crippen LogP contribution >= 0.6 is 0 Å². The summed E-state index contributed by atoms with van der Waals surface area (Å²) in [5, 5.41) is 19.8. The van der Waals surface area contributed by atoms with E-state index in [-0.39, 0.29) is 23.9 Å². The van der Waals surface area contributed by atoms with Gasteiger partial charge in [-0.3, -0.25) is 10.1 Å². The lowest BCUT2D eigenvalue weighted by Crippen LogP contribution is -2.07. The third-order valence-electron chi connectivity index (χ3n) is 4.68. The van der Waals surface area contributed by atoms with E-state index < -0.39 is 10.9 Å². The maximum atomic E-state index is 12.0. The van der Waals surface area contributed by atoms with Crippen molar-refractivity contribution in [1.29, 1.82) is 0 Å². The largest absolute Gasteiger partial charge is 0.462 e. The van der Waals surface area contributed by atoms with Crippen LogP contribution in [0.5, 0.6) is 0 Å². The number of benzene rings is 3. The summed E-state index contributed by atoms with van der Waals surface area (Å²) in [7, 11) is 0. The SMILES string of the molecule is CCOC(=O)c1cccc(Nc2ncnc(Nc3cccc4ccccc34)c2[N+](=O)[O-])c1. The molecule has 1 heterocycles. The lowest BCUT2D eigenvalue weighted by molar-refractivity contribution is -0.383. The number of carbonyl (C=O) groups excluding carboxylic acids is 1. The zero-order valence-corrected chi connectivity index (χ0v) is 17.1. The Morgan fingerprint density at radius 2 is 1.72 bits per heavy atom. The van der Waals surface area contributed by atoms with Crippen LogP contribution in [0.15, 0.2) is 73.1 Å². The van der Waals surface area contributed by atoms with E-state index in [0.717, 1.165) is 10.8 Å². The molecule has 0 aliphatic rings. The molecular formula is C23H19N5O4. The summed E-state index contributed by atoms with van der Waals surface area (Å²) in [6, 6.07) is 19.8. The second-order valence-corrected chi connectivity index (χ2v) is 6.75. The molecule has 0 saturated heterocycles. The Hall–Kier alpha value is -4.53. The van der Waals surface area contributed by atoms with Crippen molar-refractivity contribution in [2.45, 2.75) is 6.92 Å². The minimum absolute atomic E-state index is 0.00579. The number of carbonyl (C=O) groups is 1. The fourth-order valence-electron chi connectivity index (χ4n) is 3.27. The van der Waals surface area contributed by atoms with E-state index in [1.165, 1.54) is 6.33 Å². The first-order chi connectivity index (χ1) is 15.6. The molecule has 0 amide bonds. The van der Waals surface area contributed by atoms with Crippen LogP contribution in [0.4, 0.5) is 28.7 Å². The molecule has 32 heavy (non-hydrogen) atoms. The van der Waals surface area contributed by atoms with Gasteiger partial charge in [-0.05, 0) is 36.6 Å². The fourth-order valence-corrected chi connectivity index (χ4v) is 3.27. The second kappa shape index (κ2) is 9.09. The van der Waals surface area contributed by atoms with Gasteiger partial charge >= 0.3 is 11.7 Å². The molecule has 9 nitrogen and oxygen atoms in total. The molecule has 3 aromatic carbocycles. The number of hydrogen-bond acceptors (Lipinski definition) is 8. The molecule has 0 spiro atoms. The van der Waals surface area contributed by atoms with Gasteiger partial charge in [-0.1, -0.05) is 42.5 Å². The molecule has 160 valence electrons. The highest BCUT2D eigenvalue weighted by Gasteiger charge is 2.24. The minimum Gasteiger partial charge on any atom is -0.462 e. The number of nitro groups is 1. The molecule has 1 aromatic heterocycles. The Morgan fingerprint density at radius 3 is 2.50 bits per heavy atom. The van der Waals surface area contributed by atoms with Gasteiger partial charge in [0, 0.05) is 16.8 Å². The van der Waals surface area contributed by atoms with Gasteiger partial charge in [0.05, 0.1) is 17.1 Å². The first-order valence-corrected chi connectivity index (χ1v) is 9.85. The van der Waals surface area contributed by atoms with Gasteiger partial charge in [0.25, 0.3) is 0 Å². The first-order valence-electron chi connectivity index (χ1n) is 9.85. The Kier molecular flexibility index (Phi) is 5.89. The van der Waals surface area contributed by atoms with Crippen molar-refractivity contribution in [1.82, 2.24) is 9.97 Å². The molecule has 2 N–H and O–H groups in total. The van der Waals surface area contributed by atoms with Crippen molar-refractivity contribution in [2.24, 2.45) is 0 Å². The summed E-state index contributed by atoms with van der Waals surface area (Å²) in [6.45, 7) is 1.96. The normalized spacial score (nSPS) is 10.5. The molecule has 0 aliphatic carbocycles. The van der Waals surface area contributed by atoms with Crippen molar-refractivity contribution in [3.63, 3.8) is 0 Å². The van der Waals surface area contributed by atoms with Gasteiger partial charge in [-0.25, -0.2) is 14.8 Å². The monoisotopic (exact) mass is 429 g/mol. The highest BCUT2D eigenvalue weighted by molar-refractivity contribution is 5.96. The Morgan fingerprint density at radius 1 is 1.00 bits per heavy atom. The van der Waals surface area contributed by atoms with Crippen molar-refractivity contribution >= 4 is 45.4 Å². The molecule has 0 bridgehead atoms. The molecule has 0 fully saturated rings. The van der Waals surface area contributed by atoms with E-state index in [2.05, 4.69) is 20.6 Å². The minimum atomic E-state index is -0.551. The molecule has 0 atom stereocenters. The highest BCUT2D eigenvalue weighted by atomic mass is 16.6. The van der Waals surface area contributed by atoms with Crippen LogP contribution in [-0.2, 0) is 4.74 Å². The van der Waals surface area contributed by atoms with Crippen molar-refractivity contribution in [3.8, 4) is 0 Å². The number of ether oxygens (including phenoxy) is 1. The number of anilines is 4. The lowest BCUT2D eigenvalue weighted by Gasteiger charge is -2.12. The highest BCUT2D eigenvalue weighted by Crippen LogP contribution is 2.34. The summed E-state index contributed by atoms with van der Waals surface area (Å²) in [5.41, 5.74) is 1.14. The first kappa shape index (κ1) is 20.7. The maximum absolute atomic E-state index is 12.0. The van der Waals surface area contributed by atoms with E-state index in [4.69, 9.17) is 4.74 Å². The summed E-state index contributed by atoms with van der Waals surface area (Å²) in [5.74, 6) is -0.439. The predicted octanol–water partition coefficient (Wildman–Crippen LogP) is 5.20. The third kappa shape index (κ3) is 4.31. The van der Waals surface area contributed by atoms with Crippen molar-refractivity contribution < 1.29 is 14.5 Å². The summed E-state index contributed by atoms with van der Waals surface area (Å²) < 4.78 is 5.01. The topological polar surface area (TPSA) is 119 Å². The average Bonchev–Trinajstić information content (AvgIpc) is 2.80. The summed E-state index contributed by atoms with van der Waals surface area (Å²) >= 11 is 0. The number of rotatable bonds is 7. The third-order valence-corrected chi connectivity index (χ3v) is 4.68. The molecule has 0 radical (unpaired) electrons. The quantitative estimate of drug-likeness (QED) is 0.234. The van der Waals surface area contributed by atoms with Crippen LogP contribution in [-0.4, -0.2) is 27.5 Å². The van der Waals surface area contributed by atoms with Crippen LogP contribution in [0, 0.1) is 10.1 Å². The van der Waals surface area contributed by atoms with Gasteiger partial charge in [-0.15, -0.1) is 0 Å². The number of nitrogens with one attached hydrogen (secondary N) is 2. The van der Waals surface area contributed by atoms with E-state index in [1.807, 2.05) is 42.5 Å². The molecule has 0 aliphatic heterocycles. The predicted molar refractivity (Wildman–Crippen MR) is 122 cm³/mol. The number of fused-ring (bicyclic) bond motifs is 1. The maximum Gasteiger partial charge on any atom is 0.353 e. The zero-order valence-electron chi connectivity index (χ0n) is 17.1. The number of aromatic nitrogens is 2. The molecular weight excluding hydrogens is 410 g/mol. The summed E-state index contributed by atoms with van der Waals surface area (Å²) in [6.07, 6.45) is 1.23. The van der Waals surface area contributed by atoms with Gasteiger partial charge in [0.15, 0.2) is 0 Å². The standard InChI is InChI=1S/C23H19N5O4/c1-2-32-23(29)16-9-5-10-17(13-16)26-21-20(28(30)31)22(25-14-24-21)27-19-12-6-8-15-7-3-4-11-18(15)19/h3-14H,2H2,1H3,(H2,24,25,26,27). The number of nitrogens with zero attached hydrogens (tertiary/aromatic N) is 3. The molecule has 0 unspecified atom stereocenters. The van der Waals surface area contributed by atoms with E-state index in [9.17, 15) is 14.9 Å². The van der Waals surface area contributed by atoms with Crippen LogP contribution in [0.3, 0.4) is 0 Å². The Labute approximate surface area is 183 Å². The smallest absolute Gasteiger partial charge is 0.353 e. The average molecular weight is 429 g/mol. The van der Waals surface area contributed by atoms with Gasteiger partial charge in [0.2, 0.25) is 11.6 Å². The van der Waals surface area contributed by atoms with Crippen LogP contribution in [0.2, 0.25) is 0 Å². The molecule has 0 saturated carbocycles. The Balaban J connectivity index is 1.70. The van der Waals surface area contributed by atoms with E-state index in [1.54, 1.807) is 31.2 Å². The zero-order chi connectivity index (χ0) is 22.5. The van der Waals surface area contributed by atoms with Gasteiger partial charge < -0.3 is 15.4 Å². The fraction of sp³-hybridized carbons (Fsp3) is 0.0870. The van der Waals surface area contributed by atoms with Gasteiger partial charge in [0.1, 0.15) is 6.33 Å². The van der Waals surface area contributed by atoms with Crippen LogP contribution in [0.25, 0.3) is 10.8 Å². The second-order valence-electron chi connectivity index (χ2n) is 6.75. The molecule has 4 aromatic rings. The van der Waals surface area contributed by atoms with Crippen molar-refractivity contribution in [2.75, 3.05) is 17.2 Å². The molecule has 9 heteroatoms. The van der Waals surface area contributed by atoms with Crippen LogP contribution in [0.1, 0.15) is 17.3 Å². The van der Waals surface area contributed by atoms with Crippen LogP contribution < -0.4 is 10.6 Å². The summed E-state index contributed by atoms with van der Waals surface area (Å²) in [4.78, 5) is 31.5. The van der Waals surface area contributed by atoms with Crippen molar-refractivity contribution in [3.05, 3.63) is 88.7 Å². The molecule has 4 rings (SSSR count). The lowest BCUT2D eigenvalue weighted by atomic mass is 10.1. The van der Waals surface area contributed by atoms with E-state index >= 15 is 0 Å².